The van der Waals surface area contributed by atoms with Crippen LogP contribution in [0.1, 0.15) is 18.4 Å². The summed E-state index contributed by atoms with van der Waals surface area (Å²) in [5.41, 5.74) is 1.25. The summed E-state index contributed by atoms with van der Waals surface area (Å²) in [4.78, 5) is 0. The second-order valence-corrected chi connectivity index (χ2v) is 6.53. The van der Waals surface area contributed by atoms with Gasteiger partial charge >= 0.3 is 0 Å². The largest absolute Gasteiger partial charge is 0.497 e. The van der Waals surface area contributed by atoms with E-state index in [2.05, 4.69) is 17.4 Å². The van der Waals surface area contributed by atoms with Crippen LogP contribution in [0, 0.1) is 11.3 Å². The number of rotatable bonds is 8. The molecule has 1 aromatic rings. The Labute approximate surface area is 126 Å². The molecule has 1 atom stereocenters. The van der Waals surface area contributed by atoms with Gasteiger partial charge in [0.15, 0.2) is 0 Å². The van der Waals surface area contributed by atoms with Crippen molar-refractivity contribution in [1.82, 2.24) is 5.32 Å². The normalized spacial score (nSPS) is 21.6. The highest BCUT2D eigenvalue weighted by Gasteiger charge is 2.40. The van der Waals surface area contributed by atoms with Gasteiger partial charge in [-0.25, -0.2) is 0 Å². The van der Waals surface area contributed by atoms with Gasteiger partial charge in [-0.1, -0.05) is 12.1 Å². The summed E-state index contributed by atoms with van der Waals surface area (Å²) in [6.07, 6.45) is 3.64. The molecule has 1 unspecified atom stereocenters. The van der Waals surface area contributed by atoms with Crippen molar-refractivity contribution in [3.8, 4) is 5.75 Å². The van der Waals surface area contributed by atoms with E-state index in [4.69, 9.17) is 9.47 Å². The zero-order chi connectivity index (χ0) is 14.7. The smallest absolute Gasteiger partial charge is 0.119 e. The Morgan fingerprint density at radius 2 is 2.24 bits per heavy atom. The number of methoxy groups -OCH3 is 1. The Bertz CT molecular complexity index is 463. The van der Waals surface area contributed by atoms with Crippen molar-refractivity contribution in [2.45, 2.75) is 25.3 Å². The van der Waals surface area contributed by atoms with Crippen LogP contribution < -0.4 is 10.1 Å². The van der Waals surface area contributed by atoms with Gasteiger partial charge in [-0.3, -0.25) is 0 Å². The Morgan fingerprint density at radius 3 is 2.81 bits per heavy atom. The number of aliphatic hydroxyl groups is 1. The van der Waals surface area contributed by atoms with E-state index in [-0.39, 0.29) is 12.0 Å². The fraction of sp³-hybridized carbons (Fsp3) is 0.647. The highest BCUT2D eigenvalue weighted by molar-refractivity contribution is 5.29. The second kappa shape index (κ2) is 6.34. The molecule has 0 spiro atoms. The molecule has 0 radical (unpaired) electrons. The highest BCUT2D eigenvalue weighted by atomic mass is 16.5. The molecule has 4 nitrogen and oxygen atoms in total. The fourth-order valence-electron chi connectivity index (χ4n) is 2.95. The van der Waals surface area contributed by atoms with Crippen LogP contribution in [0.15, 0.2) is 24.3 Å². The summed E-state index contributed by atoms with van der Waals surface area (Å²) in [6, 6.07) is 8.79. The van der Waals surface area contributed by atoms with Crippen LogP contribution in [-0.4, -0.2) is 44.6 Å². The van der Waals surface area contributed by atoms with Crippen LogP contribution in [0.3, 0.4) is 0 Å². The van der Waals surface area contributed by atoms with Gasteiger partial charge in [0.05, 0.1) is 32.3 Å². The molecule has 0 aromatic heterocycles. The Hall–Kier alpha value is -1.10. The first-order chi connectivity index (χ1) is 10.2. The van der Waals surface area contributed by atoms with E-state index in [1.54, 1.807) is 7.11 Å². The molecule has 1 aromatic carbocycles. The van der Waals surface area contributed by atoms with Gasteiger partial charge < -0.3 is 19.9 Å². The molecule has 21 heavy (non-hydrogen) atoms. The quantitative estimate of drug-likeness (QED) is 0.764. The first kappa shape index (κ1) is 14.8. The number of hydrogen-bond donors (Lipinski definition) is 2. The SMILES string of the molecule is COc1cccc(CC(NCC2(CO)COC2)C2CC2)c1. The van der Waals surface area contributed by atoms with E-state index < -0.39 is 0 Å². The third-order valence-corrected chi connectivity index (χ3v) is 4.67. The Morgan fingerprint density at radius 1 is 1.43 bits per heavy atom. The maximum Gasteiger partial charge on any atom is 0.119 e. The molecule has 1 saturated carbocycles. The first-order valence-corrected chi connectivity index (χ1v) is 7.80. The first-order valence-electron chi connectivity index (χ1n) is 7.80. The topological polar surface area (TPSA) is 50.7 Å². The van der Waals surface area contributed by atoms with Gasteiger partial charge in [-0.05, 0) is 42.9 Å². The lowest BCUT2D eigenvalue weighted by molar-refractivity contribution is -0.135. The van der Waals surface area contributed by atoms with E-state index in [9.17, 15) is 5.11 Å². The molecular formula is C17H25NO3. The van der Waals surface area contributed by atoms with E-state index >= 15 is 0 Å². The molecular weight excluding hydrogens is 266 g/mol. The summed E-state index contributed by atoms with van der Waals surface area (Å²) in [5, 5.41) is 13.2. The number of hydrogen-bond acceptors (Lipinski definition) is 4. The van der Waals surface area contributed by atoms with E-state index in [0.717, 1.165) is 24.6 Å². The summed E-state index contributed by atoms with van der Waals surface area (Å²) in [6.45, 7) is 2.39. The van der Waals surface area contributed by atoms with E-state index in [0.29, 0.717) is 19.3 Å². The van der Waals surface area contributed by atoms with Crippen molar-refractivity contribution in [3.63, 3.8) is 0 Å². The van der Waals surface area contributed by atoms with Gasteiger partial charge in [0.2, 0.25) is 0 Å². The van der Waals surface area contributed by atoms with Crippen LogP contribution in [0.5, 0.6) is 5.75 Å². The number of nitrogens with one attached hydrogen (secondary N) is 1. The van der Waals surface area contributed by atoms with E-state index in [1.807, 2.05) is 12.1 Å². The van der Waals surface area contributed by atoms with Gasteiger partial charge in [0, 0.05) is 12.6 Å². The standard InChI is InChI=1S/C17H25NO3/c1-20-15-4-2-3-13(7-15)8-16(14-5-6-14)18-9-17(10-19)11-21-12-17/h2-4,7,14,16,18-19H,5-6,8-12H2,1H3. The molecule has 0 bridgehead atoms. The van der Waals surface area contributed by atoms with E-state index in [1.165, 1.54) is 18.4 Å². The monoisotopic (exact) mass is 291 g/mol. The van der Waals surface area contributed by atoms with Crippen molar-refractivity contribution in [2.75, 3.05) is 33.5 Å². The lowest BCUT2D eigenvalue weighted by Crippen LogP contribution is -2.54. The van der Waals surface area contributed by atoms with Crippen LogP contribution >= 0.6 is 0 Å². The second-order valence-electron chi connectivity index (χ2n) is 6.53. The van der Waals surface area contributed by atoms with Gasteiger partial charge in [0.1, 0.15) is 5.75 Å². The van der Waals surface area contributed by atoms with Crippen molar-refractivity contribution in [2.24, 2.45) is 11.3 Å². The summed E-state index contributed by atoms with van der Waals surface area (Å²) >= 11 is 0. The third kappa shape index (κ3) is 3.57. The molecule has 1 heterocycles. The lowest BCUT2D eigenvalue weighted by atomic mass is 9.86. The fourth-order valence-corrected chi connectivity index (χ4v) is 2.95. The number of ether oxygens (including phenoxy) is 2. The van der Waals surface area contributed by atoms with Gasteiger partial charge in [-0.2, -0.15) is 0 Å². The molecule has 3 rings (SSSR count). The zero-order valence-corrected chi connectivity index (χ0v) is 12.7. The predicted octanol–water partition coefficient (Wildman–Crippen LogP) is 1.61. The molecule has 116 valence electrons. The molecule has 2 aliphatic rings. The molecule has 1 aliphatic carbocycles. The average molecular weight is 291 g/mol. The highest BCUT2D eigenvalue weighted by Crippen LogP contribution is 2.35. The maximum atomic E-state index is 9.53. The van der Waals surface area contributed by atoms with Crippen molar-refractivity contribution < 1.29 is 14.6 Å². The average Bonchev–Trinajstić information content (AvgIpc) is 3.30. The minimum absolute atomic E-state index is 0.0540. The Kier molecular flexibility index (Phi) is 4.48. The predicted molar refractivity (Wildman–Crippen MR) is 81.6 cm³/mol. The van der Waals surface area contributed by atoms with Crippen LogP contribution in [-0.2, 0) is 11.2 Å². The molecule has 0 amide bonds. The summed E-state index contributed by atoms with van der Waals surface area (Å²) in [7, 11) is 1.71. The van der Waals surface area contributed by atoms with Gasteiger partial charge in [0.25, 0.3) is 0 Å². The summed E-state index contributed by atoms with van der Waals surface area (Å²) < 4.78 is 10.6. The molecule has 4 heteroatoms. The van der Waals surface area contributed by atoms with Crippen molar-refractivity contribution in [1.29, 1.82) is 0 Å². The van der Waals surface area contributed by atoms with Gasteiger partial charge in [-0.15, -0.1) is 0 Å². The summed E-state index contributed by atoms with van der Waals surface area (Å²) in [5.74, 6) is 1.69. The van der Waals surface area contributed by atoms with Crippen LogP contribution in [0.4, 0.5) is 0 Å². The number of benzene rings is 1. The maximum absolute atomic E-state index is 9.53. The minimum Gasteiger partial charge on any atom is -0.497 e. The molecule has 1 aliphatic heterocycles. The van der Waals surface area contributed by atoms with Crippen LogP contribution in [0.25, 0.3) is 0 Å². The molecule has 1 saturated heterocycles. The van der Waals surface area contributed by atoms with Crippen molar-refractivity contribution in [3.05, 3.63) is 29.8 Å². The third-order valence-electron chi connectivity index (χ3n) is 4.67. The van der Waals surface area contributed by atoms with Crippen LogP contribution in [0.2, 0.25) is 0 Å². The minimum atomic E-state index is -0.0540. The number of aliphatic hydroxyl groups excluding tert-OH is 1. The van der Waals surface area contributed by atoms with Crippen molar-refractivity contribution >= 4 is 0 Å². The lowest BCUT2D eigenvalue weighted by Gasteiger charge is -2.41. The molecule has 2 N–H and O–H groups in total. The Balaban J connectivity index is 1.59. The zero-order valence-electron chi connectivity index (χ0n) is 12.7. The molecule has 2 fully saturated rings.